The summed E-state index contributed by atoms with van der Waals surface area (Å²) in [7, 11) is 0. The first kappa shape index (κ1) is 20.6. The summed E-state index contributed by atoms with van der Waals surface area (Å²) in [4.78, 5) is 30.2. The highest BCUT2D eigenvalue weighted by Gasteiger charge is 2.29. The second-order valence-corrected chi connectivity index (χ2v) is 8.48. The summed E-state index contributed by atoms with van der Waals surface area (Å²) in [6.07, 6.45) is 2.76. The summed E-state index contributed by atoms with van der Waals surface area (Å²) >= 11 is 1.50. The zero-order valence-corrected chi connectivity index (χ0v) is 17.9. The van der Waals surface area contributed by atoms with E-state index in [9.17, 15) is 9.59 Å². The van der Waals surface area contributed by atoms with E-state index in [1.165, 1.54) is 11.8 Å². The quantitative estimate of drug-likeness (QED) is 0.439. The number of carbonyl (C=O) groups is 1. The van der Waals surface area contributed by atoms with E-state index < -0.39 is 0 Å². The molecule has 9 heteroatoms. The van der Waals surface area contributed by atoms with Gasteiger partial charge in [0, 0.05) is 25.3 Å². The van der Waals surface area contributed by atoms with Crippen LogP contribution >= 0.6 is 11.8 Å². The molecular formula is C21H25N5O3S. The summed E-state index contributed by atoms with van der Waals surface area (Å²) in [6.45, 7) is 5.15. The van der Waals surface area contributed by atoms with Crippen molar-refractivity contribution in [2.45, 2.75) is 44.0 Å². The number of nitrogens with one attached hydrogen (secondary N) is 1. The number of hydrogen-bond acceptors (Lipinski definition) is 6. The molecule has 4 rings (SSSR count). The topological polar surface area (TPSA) is 91.0 Å². The predicted octanol–water partition coefficient (Wildman–Crippen LogP) is 2.55. The Morgan fingerprint density at radius 3 is 2.90 bits per heavy atom. The molecule has 1 N–H and O–H groups in total. The molecule has 0 bridgehead atoms. The third-order valence-electron chi connectivity index (χ3n) is 4.89. The molecule has 3 aromatic rings. The van der Waals surface area contributed by atoms with Crippen molar-refractivity contribution in [3.8, 4) is 5.69 Å². The fraction of sp³-hybridized carbons (Fsp3) is 0.429. The highest BCUT2D eigenvalue weighted by Crippen LogP contribution is 2.33. The van der Waals surface area contributed by atoms with Crippen molar-refractivity contribution in [1.82, 2.24) is 24.6 Å². The van der Waals surface area contributed by atoms with E-state index in [-0.39, 0.29) is 30.0 Å². The van der Waals surface area contributed by atoms with E-state index in [1.54, 1.807) is 15.4 Å². The molecule has 1 aromatic carbocycles. The molecule has 8 nitrogen and oxygen atoms in total. The number of ether oxygens (including phenoxy) is 1. The molecule has 0 saturated carbocycles. The molecule has 0 spiro atoms. The summed E-state index contributed by atoms with van der Waals surface area (Å²) in [5, 5.41) is 8.37. The van der Waals surface area contributed by atoms with Gasteiger partial charge in [-0.2, -0.15) is 5.10 Å². The van der Waals surface area contributed by atoms with E-state index in [2.05, 4.69) is 10.4 Å². The third-order valence-corrected chi connectivity index (χ3v) is 5.98. The van der Waals surface area contributed by atoms with Crippen LogP contribution < -0.4 is 10.9 Å². The van der Waals surface area contributed by atoms with E-state index in [0.29, 0.717) is 35.1 Å². The molecule has 0 fully saturated rings. The first-order valence-corrected chi connectivity index (χ1v) is 11.1. The Morgan fingerprint density at radius 1 is 1.33 bits per heavy atom. The van der Waals surface area contributed by atoms with Crippen LogP contribution in [0.5, 0.6) is 0 Å². The van der Waals surface area contributed by atoms with Crippen LogP contribution in [-0.4, -0.2) is 50.2 Å². The monoisotopic (exact) mass is 427 g/mol. The van der Waals surface area contributed by atoms with Gasteiger partial charge in [-0.05, 0) is 32.4 Å². The van der Waals surface area contributed by atoms with E-state index in [1.807, 2.05) is 44.2 Å². The lowest BCUT2D eigenvalue weighted by Crippen LogP contribution is -2.31. The molecule has 3 heterocycles. The Labute approximate surface area is 178 Å². The van der Waals surface area contributed by atoms with Crippen LogP contribution in [0.1, 0.15) is 32.7 Å². The fourth-order valence-corrected chi connectivity index (χ4v) is 4.57. The zero-order valence-electron chi connectivity index (χ0n) is 17.1. The van der Waals surface area contributed by atoms with Gasteiger partial charge in [-0.15, -0.1) is 0 Å². The molecular weight excluding hydrogens is 402 g/mol. The first-order valence-electron chi connectivity index (χ1n) is 10.1. The summed E-state index contributed by atoms with van der Waals surface area (Å²) < 4.78 is 8.80. The lowest BCUT2D eigenvalue weighted by molar-refractivity contribution is -0.121. The maximum Gasteiger partial charge on any atom is 0.265 e. The molecule has 1 amide bonds. The average molecular weight is 428 g/mol. The Balaban J connectivity index is 1.48. The van der Waals surface area contributed by atoms with Gasteiger partial charge in [0.1, 0.15) is 5.39 Å². The number of para-hydroxylation sites is 1. The molecule has 30 heavy (non-hydrogen) atoms. The second kappa shape index (κ2) is 9.01. The van der Waals surface area contributed by atoms with Crippen LogP contribution in [0.4, 0.5) is 0 Å². The Hall–Kier alpha value is -2.65. The molecule has 0 saturated heterocycles. The SMILES string of the molecule is CC(C)OCCCNC(=O)CC1CSc2nc3c(cnn3-c3ccccc3)c(=O)n21. The average Bonchev–Trinajstić information content (AvgIpc) is 3.33. The zero-order chi connectivity index (χ0) is 21.1. The van der Waals surface area contributed by atoms with Crippen molar-refractivity contribution < 1.29 is 9.53 Å². The van der Waals surface area contributed by atoms with Gasteiger partial charge in [0.15, 0.2) is 10.8 Å². The van der Waals surface area contributed by atoms with Crippen molar-refractivity contribution in [1.29, 1.82) is 0 Å². The summed E-state index contributed by atoms with van der Waals surface area (Å²) in [5.41, 5.74) is 1.25. The van der Waals surface area contributed by atoms with Crippen molar-refractivity contribution in [2.75, 3.05) is 18.9 Å². The van der Waals surface area contributed by atoms with E-state index >= 15 is 0 Å². The van der Waals surface area contributed by atoms with Crippen molar-refractivity contribution in [2.24, 2.45) is 0 Å². The largest absolute Gasteiger partial charge is 0.379 e. The maximum atomic E-state index is 13.1. The summed E-state index contributed by atoms with van der Waals surface area (Å²) in [5.74, 6) is 0.585. The van der Waals surface area contributed by atoms with Crippen LogP contribution in [0.25, 0.3) is 16.7 Å². The lowest BCUT2D eigenvalue weighted by Gasteiger charge is -2.14. The normalized spacial score (nSPS) is 15.6. The number of aromatic nitrogens is 4. The molecule has 1 unspecified atom stereocenters. The minimum Gasteiger partial charge on any atom is -0.379 e. The van der Waals surface area contributed by atoms with Crippen LogP contribution in [0.3, 0.4) is 0 Å². The Morgan fingerprint density at radius 2 is 2.13 bits per heavy atom. The van der Waals surface area contributed by atoms with Gasteiger partial charge in [-0.3, -0.25) is 14.2 Å². The molecule has 158 valence electrons. The minimum atomic E-state index is -0.207. The van der Waals surface area contributed by atoms with Gasteiger partial charge in [0.2, 0.25) is 5.91 Å². The van der Waals surface area contributed by atoms with Crippen molar-refractivity contribution in [3.05, 3.63) is 46.9 Å². The standard InChI is InChI=1S/C21H25N5O3S/c1-14(2)29-10-6-9-22-18(27)11-16-13-30-21-24-19-17(20(28)25(16)21)12-23-26(19)15-7-4-3-5-8-15/h3-5,7-8,12,14,16H,6,9-11,13H2,1-2H3,(H,22,27). The van der Waals surface area contributed by atoms with Crippen LogP contribution in [0.15, 0.2) is 46.5 Å². The van der Waals surface area contributed by atoms with Crippen molar-refractivity contribution >= 4 is 28.7 Å². The number of nitrogens with zero attached hydrogens (tertiary/aromatic N) is 4. The molecule has 1 aliphatic rings. The highest BCUT2D eigenvalue weighted by molar-refractivity contribution is 7.99. The minimum absolute atomic E-state index is 0.0648. The van der Waals surface area contributed by atoms with Gasteiger partial charge >= 0.3 is 0 Å². The van der Waals surface area contributed by atoms with Crippen LogP contribution in [0.2, 0.25) is 0 Å². The molecule has 0 radical (unpaired) electrons. The molecule has 2 aromatic heterocycles. The van der Waals surface area contributed by atoms with Crippen LogP contribution in [0, 0.1) is 0 Å². The highest BCUT2D eigenvalue weighted by atomic mass is 32.2. The van der Waals surface area contributed by atoms with Gasteiger partial charge in [0.25, 0.3) is 5.56 Å². The number of thioether (sulfide) groups is 1. The smallest absolute Gasteiger partial charge is 0.265 e. The van der Waals surface area contributed by atoms with Crippen LogP contribution in [-0.2, 0) is 9.53 Å². The van der Waals surface area contributed by atoms with Gasteiger partial charge < -0.3 is 10.1 Å². The number of hydrogen-bond donors (Lipinski definition) is 1. The number of benzene rings is 1. The second-order valence-electron chi connectivity index (χ2n) is 7.49. The van der Waals surface area contributed by atoms with Crippen molar-refractivity contribution in [3.63, 3.8) is 0 Å². The number of fused-ring (bicyclic) bond motifs is 2. The number of carbonyl (C=O) groups excluding carboxylic acids is 1. The van der Waals surface area contributed by atoms with Gasteiger partial charge in [-0.1, -0.05) is 30.0 Å². The number of rotatable bonds is 8. The molecule has 0 aliphatic carbocycles. The molecule has 1 atom stereocenters. The predicted molar refractivity (Wildman–Crippen MR) is 116 cm³/mol. The lowest BCUT2D eigenvalue weighted by atomic mass is 10.2. The third kappa shape index (κ3) is 4.27. The summed E-state index contributed by atoms with van der Waals surface area (Å²) in [6, 6.07) is 9.40. The Kier molecular flexibility index (Phi) is 6.19. The molecule has 1 aliphatic heterocycles. The maximum absolute atomic E-state index is 13.1. The van der Waals surface area contributed by atoms with E-state index in [0.717, 1.165) is 12.1 Å². The van der Waals surface area contributed by atoms with Gasteiger partial charge in [0.05, 0.1) is 24.0 Å². The van der Waals surface area contributed by atoms with Gasteiger partial charge in [-0.25, -0.2) is 9.67 Å². The Bertz CT molecular complexity index is 1090. The number of amides is 1. The fourth-order valence-electron chi connectivity index (χ4n) is 3.44. The van der Waals surface area contributed by atoms with E-state index in [4.69, 9.17) is 9.72 Å². The first-order chi connectivity index (χ1) is 14.5.